The number of nitrogens with two attached hydrogens (primary N) is 5. The van der Waals surface area contributed by atoms with Gasteiger partial charge in [0.05, 0.1) is 43.0 Å². The van der Waals surface area contributed by atoms with Crippen LogP contribution < -0.4 is 39.3 Å². The van der Waals surface area contributed by atoms with Crippen LogP contribution in [0.25, 0.3) is 10.9 Å². The Labute approximate surface area is 249 Å². The Morgan fingerprint density at radius 1 is 0.860 bits per heavy atom. The molecule has 0 spiro atoms. The molecule has 1 heterocycles. The Hall–Kier alpha value is -5.24. The average Bonchev–Trinajstić information content (AvgIpc) is 2.98. The molecule has 14 nitrogen and oxygen atoms in total. The summed E-state index contributed by atoms with van der Waals surface area (Å²) in [5, 5.41) is 6.42. The number of fused-ring (bicyclic) bond motifs is 1. The lowest BCUT2D eigenvalue weighted by atomic mass is 10.0. The second-order valence-electron chi connectivity index (χ2n) is 9.80. The molecule has 14 heteroatoms. The van der Waals surface area contributed by atoms with Crippen molar-refractivity contribution in [3.8, 4) is 0 Å². The third kappa shape index (κ3) is 10.9. The number of nitrogens with one attached hydrogen (secondary N) is 2. The number of aryl methyl sites for hydroxylation is 1. The molecule has 0 saturated carbocycles. The summed E-state index contributed by atoms with van der Waals surface area (Å²) in [6.07, 6.45) is 2.05. The molecular weight excluding hydrogens is 550 g/mol. The number of guanidine groups is 2. The van der Waals surface area contributed by atoms with Gasteiger partial charge in [0.1, 0.15) is 6.04 Å². The van der Waals surface area contributed by atoms with Gasteiger partial charge in [0.2, 0.25) is 17.7 Å². The summed E-state index contributed by atoms with van der Waals surface area (Å²) < 4.78 is 0. The number of pyridine rings is 1. The molecule has 0 aliphatic rings. The number of amides is 3. The number of para-hydroxylation sites is 1. The highest BCUT2D eigenvalue weighted by Crippen LogP contribution is 2.17. The van der Waals surface area contributed by atoms with Crippen LogP contribution in [0.1, 0.15) is 18.4 Å². The molecule has 0 unspecified atom stereocenters. The third-order valence-corrected chi connectivity index (χ3v) is 6.47. The van der Waals surface area contributed by atoms with Crippen molar-refractivity contribution in [1.82, 2.24) is 15.2 Å². The highest BCUT2D eigenvalue weighted by Gasteiger charge is 2.27. The van der Waals surface area contributed by atoms with Crippen LogP contribution in [0.4, 0.5) is 5.69 Å². The molecular formula is C29H39N11O3. The Balaban J connectivity index is 1.69. The van der Waals surface area contributed by atoms with Crippen molar-refractivity contribution in [3.05, 3.63) is 72.4 Å². The normalized spacial score (nSPS) is 12.0. The van der Waals surface area contributed by atoms with Gasteiger partial charge in [-0.05, 0) is 30.5 Å². The van der Waals surface area contributed by atoms with E-state index >= 15 is 0 Å². The van der Waals surface area contributed by atoms with Crippen molar-refractivity contribution >= 4 is 46.2 Å². The SMILES string of the molecule is NC(N)=NCCN(CCN=C(N)N)C(=O)C[C@H](N)C(=O)N[C@@H](CCc1ccccc1)C(=O)Nc1cnc2ccccc2c1. The van der Waals surface area contributed by atoms with E-state index in [1.165, 1.54) is 4.90 Å². The van der Waals surface area contributed by atoms with Gasteiger partial charge in [-0.2, -0.15) is 0 Å². The molecule has 3 rings (SSSR count). The molecule has 0 aliphatic heterocycles. The molecule has 0 saturated heterocycles. The van der Waals surface area contributed by atoms with Crippen molar-refractivity contribution in [3.63, 3.8) is 0 Å². The maximum absolute atomic E-state index is 13.4. The Morgan fingerprint density at radius 3 is 2.14 bits per heavy atom. The zero-order valence-corrected chi connectivity index (χ0v) is 23.9. The molecule has 0 bridgehead atoms. The lowest BCUT2D eigenvalue weighted by Gasteiger charge is -2.24. The topological polar surface area (TPSA) is 246 Å². The van der Waals surface area contributed by atoms with E-state index in [1.54, 1.807) is 12.3 Å². The highest BCUT2D eigenvalue weighted by atomic mass is 16.2. The van der Waals surface area contributed by atoms with Gasteiger partial charge in [0.15, 0.2) is 11.9 Å². The van der Waals surface area contributed by atoms with E-state index in [-0.39, 0.29) is 44.5 Å². The van der Waals surface area contributed by atoms with Crippen molar-refractivity contribution < 1.29 is 14.4 Å². The molecule has 12 N–H and O–H groups in total. The van der Waals surface area contributed by atoms with E-state index in [9.17, 15) is 14.4 Å². The first-order valence-electron chi connectivity index (χ1n) is 13.8. The summed E-state index contributed by atoms with van der Waals surface area (Å²) in [5.74, 6) is -1.74. The molecule has 3 amide bonds. The summed E-state index contributed by atoms with van der Waals surface area (Å²) in [6, 6.07) is 16.7. The Morgan fingerprint density at radius 2 is 1.49 bits per heavy atom. The lowest BCUT2D eigenvalue weighted by molar-refractivity contribution is -0.134. The van der Waals surface area contributed by atoms with Crippen LogP contribution >= 0.6 is 0 Å². The van der Waals surface area contributed by atoms with Gasteiger partial charge >= 0.3 is 0 Å². The Bertz CT molecular complexity index is 1420. The number of hydrogen-bond acceptors (Lipinski definition) is 7. The van der Waals surface area contributed by atoms with Crippen molar-refractivity contribution in [2.75, 3.05) is 31.5 Å². The number of nitrogens with zero attached hydrogens (tertiary/aromatic N) is 4. The zero-order chi connectivity index (χ0) is 31.2. The van der Waals surface area contributed by atoms with E-state index in [0.717, 1.165) is 16.5 Å². The molecule has 0 fully saturated rings. The van der Waals surface area contributed by atoms with Crippen molar-refractivity contribution in [2.45, 2.75) is 31.3 Å². The quantitative estimate of drug-likeness (QED) is 0.0880. The number of aromatic nitrogens is 1. The first-order chi connectivity index (χ1) is 20.6. The molecule has 43 heavy (non-hydrogen) atoms. The van der Waals surface area contributed by atoms with Gasteiger partial charge in [-0.1, -0.05) is 48.5 Å². The average molecular weight is 590 g/mol. The number of aliphatic imine (C=N–C) groups is 2. The molecule has 228 valence electrons. The molecule has 0 radical (unpaired) electrons. The van der Waals surface area contributed by atoms with E-state index in [4.69, 9.17) is 28.7 Å². The van der Waals surface area contributed by atoms with E-state index in [1.807, 2.05) is 54.6 Å². The largest absolute Gasteiger partial charge is 0.370 e. The van der Waals surface area contributed by atoms with Gasteiger partial charge in [-0.25, -0.2) is 0 Å². The number of hydrogen-bond donors (Lipinski definition) is 7. The maximum atomic E-state index is 13.4. The van der Waals surface area contributed by atoms with Gasteiger partial charge in [0.25, 0.3) is 0 Å². The van der Waals surface area contributed by atoms with Crippen LogP contribution in [-0.4, -0.2) is 77.8 Å². The van der Waals surface area contributed by atoms with Crippen LogP contribution in [0.3, 0.4) is 0 Å². The third-order valence-electron chi connectivity index (χ3n) is 6.47. The van der Waals surface area contributed by atoms with Crippen LogP contribution in [0.2, 0.25) is 0 Å². The summed E-state index contributed by atoms with van der Waals surface area (Å²) >= 11 is 0. The van der Waals surface area contributed by atoms with Crippen molar-refractivity contribution in [2.24, 2.45) is 38.7 Å². The maximum Gasteiger partial charge on any atom is 0.247 e. The van der Waals surface area contributed by atoms with E-state index < -0.39 is 29.8 Å². The van der Waals surface area contributed by atoms with E-state index in [0.29, 0.717) is 18.5 Å². The highest BCUT2D eigenvalue weighted by molar-refractivity contribution is 5.99. The summed E-state index contributed by atoms with van der Waals surface area (Å²) in [6.45, 7) is 0.602. The standard InChI is InChI=1S/C29H39N11O3/c30-22(17-25(41)40(14-12-35-28(31)32)15-13-36-29(33)34)26(42)39-24(11-10-19-6-2-1-3-7-19)27(43)38-21-16-20-8-4-5-9-23(20)37-18-21/h1-9,16,18,22,24H,10-15,17,30H2,(H,38,43)(H,39,42)(H4,31,32,35)(H4,33,34,36)/t22-,24-/m0/s1. The minimum Gasteiger partial charge on any atom is -0.370 e. The fourth-order valence-electron chi connectivity index (χ4n) is 4.24. The first kappa shape index (κ1) is 32.3. The number of benzene rings is 2. The number of anilines is 1. The molecule has 0 aliphatic carbocycles. The van der Waals surface area contributed by atoms with Crippen LogP contribution in [0, 0.1) is 0 Å². The summed E-state index contributed by atoms with van der Waals surface area (Å²) in [5.41, 5.74) is 29.9. The number of rotatable bonds is 15. The monoisotopic (exact) mass is 589 g/mol. The summed E-state index contributed by atoms with van der Waals surface area (Å²) in [7, 11) is 0. The minimum atomic E-state index is -1.23. The van der Waals surface area contributed by atoms with E-state index in [2.05, 4.69) is 25.6 Å². The predicted octanol–water partition coefficient (Wildman–Crippen LogP) is -0.616. The lowest BCUT2D eigenvalue weighted by Crippen LogP contribution is -2.51. The summed E-state index contributed by atoms with van der Waals surface area (Å²) in [4.78, 5) is 53.1. The minimum absolute atomic E-state index is 0.119. The number of carbonyl (C=O) groups is 3. The second-order valence-corrected chi connectivity index (χ2v) is 9.80. The predicted molar refractivity (Wildman–Crippen MR) is 168 cm³/mol. The molecule has 2 aromatic carbocycles. The van der Waals surface area contributed by atoms with Gasteiger partial charge in [-0.3, -0.25) is 29.4 Å². The van der Waals surface area contributed by atoms with Crippen LogP contribution in [0.5, 0.6) is 0 Å². The fraction of sp³-hybridized carbons (Fsp3) is 0.310. The molecule has 2 atom stereocenters. The Kier molecular flexibility index (Phi) is 12.2. The second kappa shape index (κ2) is 16.3. The van der Waals surface area contributed by atoms with Gasteiger partial charge in [-0.15, -0.1) is 0 Å². The van der Waals surface area contributed by atoms with Crippen molar-refractivity contribution in [1.29, 1.82) is 0 Å². The van der Waals surface area contributed by atoms with Crippen LogP contribution in [0.15, 0.2) is 76.8 Å². The van der Waals surface area contributed by atoms with Gasteiger partial charge < -0.3 is 44.2 Å². The first-order valence-corrected chi connectivity index (χ1v) is 13.8. The van der Waals surface area contributed by atoms with Gasteiger partial charge in [0, 0.05) is 18.5 Å². The number of carbonyl (C=O) groups excluding carboxylic acids is 3. The smallest absolute Gasteiger partial charge is 0.247 e. The molecule has 3 aromatic rings. The fourth-order valence-corrected chi connectivity index (χ4v) is 4.24. The van der Waals surface area contributed by atoms with Crippen LogP contribution in [-0.2, 0) is 20.8 Å². The zero-order valence-electron chi connectivity index (χ0n) is 23.9. The molecule has 1 aromatic heterocycles.